The number of halogens is 1. The van der Waals surface area contributed by atoms with Crippen LogP contribution in [0.25, 0.3) is 6.08 Å². The fraction of sp³-hybridized carbons (Fsp3) is 0.194. The van der Waals surface area contributed by atoms with Crippen molar-refractivity contribution in [1.29, 1.82) is 0 Å². The van der Waals surface area contributed by atoms with Crippen LogP contribution in [-0.2, 0) is 10.2 Å². The van der Waals surface area contributed by atoms with E-state index in [2.05, 4.69) is 21.2 Å². The van der Waals surface area contributed by atoms with Crippen molar-refractivity contribution in [2.75, 3.05) is 31.5 Å². The van der Waals surface area contributed by atoms with Gasteiger partial charge in [-0.05, 0) is 47.5 Å². The van der Waals surface area contributed by atoms with Gasteiger partial charge in [0, 0.05) is 27.0 Å². The second-order valence-corrected chi connectivity index (χ2v) is 12.1. The van der Waals surface area contributed by atoms with Crippen molar-refractivity contribution in [3.05, 3.63) is 118 Å². The Balaban J connectivity index is 1.53. The predicted octanol–water partition coefficient (Wildman–Crippen LogP) is 6.33. The van der Waals surface area contributed by atoms with E-state index in [4.69, 9.17) is 14.2 Å². The molecule has 4 atom stereocenters. The number of nitrogens with zero attached hydrogens (tertiary/aromatic N) is 1. The normalized spacial score (nSPS) is 22.4. The molecule has 1 amide bonds. The molecule has 0 aromatic heterocycles. The lowest BCUT2D eigenvalue weighted by Gasteiger charge is -2.37. The van der Waals surface area contributed by atoms with E-state index in [1.165, 1.54) is 21.3 Å². The molecule has 3 aliphatic rings. The minimum absolute atomic E-state index is 0.233. The van der Waals surface area contributed by atoms with Crippen LogP contribution in [-0.4, -0.2) is 50.9 Å². The van der Waals surface area contributed by atoms with E-state index < -0.39 is 29.2 Å². The van der Waals surface area contributed by atoms with E-state index in [9.17, 15) is 9.59 Å². The summed E-state index contributed by atoms with van der Waals surface area (Å²) < 4.78 is 17.5. The molecule has 4 aromatic rings. The average molecular weight is 666 g/mol. The van der Waals surface area contributed by atoms with Crippen molar-refractivity contribution in [3.8, 4) is 17.2 Å². The SMILES string of the molecule is COc1cc(C(=O)[C@@H]2[C@H](C(=O)c3ccc(Br)cc3)N3c4ccccc4C=C[C@H]3[C@@]23C(=O)Nc2ccccc23)cc(OC)c1OC. The van der Waals surface area contributed by atoms with Crippen molar-refractivity contribution in [2.24, 2.45) is 5.92 Å². The molecular formula is C36H29BrN2O6. The van der Waals surface area contributed by atoms with Crippen molar-refractivity contribution in [3.63, 3.8) is 0 Å². The maximum absolute atomic E-state index is 15.2. The van der Waals surface area contributed by atoms with Gasteiger partial charge in [0.25, 0.3) is 0 Å². The predicted molar refractivity (Wildman–Crippen MR) is 175 cm³/mol. The molecule has 3 heterocycles. The van der Waals surface area contributed by atoms with Crippen molar-refractivity contribution < 1.29 is 28.6 Å². The van der Waals surface area contributed by atoms with Crippen LogP contribution in [0.5, 0.6) is 17.2 Å². The number of amides is 1. The van der Waals surface area contributed by atoms with Gasteiger partial charge < -0.3 is 24.4 Å². The number of methoxy groups -OCH3 is 3. The third-order valence-corrected chi connectivity index (χ3v) is 9.70. The fourth-order valence-corrected chi connectivity index (χ4v) is 7.57. The summed E-state index contributed by atoms with van der Waals surface area (Å²) in [6.07, 6.45) is 3.92. The molecule has 226 valence electrons. The van der Waals surface area contributed by atoms with E-state index >= 15 is 4.79 Å². The average Bonchev–Trinajstić information content (AvgIpc) is 3.55. The Labute approximate surface area is 268 Å². The number of carbonyl (C=O) groups excluding carboxylic acids is 3. The van der Waals surface area contributed by atoms with Gasteiger partial charge in [-0.3, -0.25) is 14.4 Å². The molecule has 0 radical (unpaired) electrons. The number of ether oxygens (including phenoxy) is 3. The minimum Gasteiger partial charge on any atom is -0.493 e. The molecule has 1 saturated heterocycles. The number of para-hydroxylation sites is 2. The van der Waals surface area contributed by atoms with Crippen molar-refractivity contribution >= 4 is 50.9 Å². The first-order valence-corrected chi connectivity index (χ1v) is 15.2. The maximum atomic E-state index is 15.2. The Morgan fingerprint density at radius 1 is 0.822 bits per heavy atom. The van der Waals surface area contributed by atoms with Crippen LogP contribution in [0.4, 0.5) is 11.4 Å². The largest absolute Gasteiger partial charge is 0.493 e. The second-order valence-electron chi connectivity index (χ2n) is 11.2. The van der Waals surface area contributed by atoms with Crippen LogP contribution in [0.3, 0.4) is 0 Å². The highest BCUT2D eigenvalue weighted by Crippen LogP contribution is 2.58. The van der Waals surface area contributed by atoms with Crippen molar-refractivity contribution in [2.45, 2.75) is 17.5 Å². The third-order valence-electron chi connectivity index (χ3n) is 9.17. The second kappa shape index (κ2) is 10.9. The first-order chi connectivity index (χ1) is 21.8. The number of anilines is 2. The minimum atomic E-state index is -1.44. The summed E-state index contributed by atoms with van der Waals surface area (Å²) in [6.45, 7) is 0. The Kier molecular flexibility index (Phi) is 7.00. The quantitative estimate of drug-likeness (QED) is 0.231. The van der Waals surface area contributed by atoms with Gasteiger partial charge in [0.15, 0.2) is 23.1 Å². The smallest absolute Gasteiger partial charge is 0.238 e. The molecule has 0 bridgehead atoms. The Morgan fingerprint density at radius 3 is 2.18 bits per heavy atom. The summed E-state index contributed by atoms with van der Waals surface area (Å²) in [6, 6.07) is 23.7. The summed E-state index contributed by atoms with van der Waals surface area (Å²) in [5, 5.41) is 3.05. The number of ketones is 2. The van der Waals surface area contributed by atoms with Crippen LogP contribution in [0.2, 0.25) is 0 Å². The molecule has 0 aliphatic carbocycles. The number of Topliss-reactive ketones (excluding diaryl/α,β-unsaturated/α-hetero) is 2. The highest BCUT2D eigenvalue weighted by Gasteiger charge is 2.70. The van der Waals surface area contributed by atoms with E-state index in [-0.39, 0.29) is 17.3 Å². The van der Waals surface area contributed by atoms with Crippen LogP contribution in [0.1, 0.15) is 31.8 Å². The molecule has 1 fully saturated rings. The molecule has 0 saturated carbocycles. The zero-order valence-electron chi connectivity index (χ0n) is 24.7. The van der Waals surface area contributed by atoms with E-state index in [0.29, 0.717) is 34.1 Å². The van der Waals surface area contributed by atoms with Gasteiger partial charge in [-0.1, -0.05) is 76.6 Å². The summed E-state index contributed by atoms with van der Waals surface area (Å²) >= 11 is 3.46. The lowest BCUT2D eigenvalue weighted by atomic mass is 9.64. The lowest BCUT2D eigenvalue weighted by molar-refractivity contribution is -0.121. The molecule has 8 nitrogen and oxygen atoms in total. The number of benzene rings is 4. The van der Waals surface area contributed by atoms with Gasteiger partial charge in [0.2, 0.25) is 11.7 Å². The van der Waals surface area contributed by atoms with Crippen LogP contribution in [0, 0.1) is 5.92 Å². The number of nitrogens with one attached hydrogen (secondary N) is 1. The summed E-state index contributed by atoms with van der Waals surface area (Å²) in [4.78, 5) is 46.6. The number of rotatable bonds is 7. The van der Waals surface area contributed by atoms with E-state index in [1.54, 1.807) is 36.4 Å². The molecule has 45 heavy (non-hydrogen) atoms. The zero-order chi connectivity index (χ0) is 31.5. The molecule has 4 aromatic carbocycles. The summed E-state index contributed by atoms with van der Waals surface area (Å²) in [5.74, 6) is -1.21. The number of carbonyl (C=O) groups is 3. The monoisotopic (exact) mass is 664 g/mol. The molecule has 1 N–H and O–H groups in total. The zero-order valence-corrected chi connectivity index (χ0v) is 26.3. The maximum Gasteiger partial charge on any atom is 0.238 e. The molecule has 0 unspecified atom stereocenters. The van der Waals surface area contributed by atoms with Crippen LogP contribution in [0.15, 0.2) is 95.5 Å². The van der Waals surface area contributed by atoms with Gasteiger partial charge in [0.05, 0.1) is 33.3 Å². The fourth-order valence-electron chi connectivity index (χ4n) is 7.31. The standard InChI is InChI=1S/C36H29BrN2O6/c1-43-27-18-22(19-28(44-2)34(27)45-3)32(40)30-31(33(41)21-12-15-23(37)16-13-21)39-26-11-7-4-8-20(26)14-17-29(39)36(30)24-9-5-6-10-25(24)38-35(36)42/h4-19,29-31H,1-3H3,(H,38,42)/t29-,30-,31+,36+/m0/s1. The first-order valence-electron chi connectivity index (χ1n) is 14.5. The van der Waals surface area contributed by atoms with Crippen LogP contribution >= 0.6 is 15.9 Å². The van der Waals surface area contributed by atoms with Crippen LogP contribution < -0.4 is 24.4 Å². The Hall–Kier alpha value is -4.89. The number of hydrogen-bond acceptors (Lipinski definition) is 7. The lowest BCUT2D eigenvalue weighted by Crippen LogP contribution is -2.51. The Bertz CT molecular complexity index is 1880. The number of fused-ring (bicyclic) bond motifs is 6. The molecule has 7 rings (SSSR count). The summed E-state index contributed by atoms with van der Waals surface area (Å²) in [5.41, 5.74) is 2.19. The summed E-state index contributed by atoms with van der Waals surface area (Å²) in [7, 11) is 4.44. The van der Waals surface area contributed by atoms with Crippen molar-refractivity contribution in [1.82, 2.24) is 0 Å². The highest BCUT2D eigenvalue weighted by molar-refractivity contribution is 9.10. The van der Waals surface area contributed by atoms with Gasteiger partial charge in [0.1, 0.15) is 11.5 Å². The van der Waals surface area contributed by atoms with Gasteiger partial charge in [-0.15, -0.1) is 0 Å². The number of hydrogen-bond donors (Lipinski definition) is 1. The first kappa shape index (κ1) is 28.9. The van der Waals surface area contributed by atoms with E-state index in [1.807, 2.05) is 65.6 Å². The Morgan fingerprint density at radius 2 is 1.49 bits per heavy atom. The van der Waals surface area contributed by atoms with Gasteiger partial charge in [-0.25, -0.2) is 0 Å². The van der Waals surface area contributed by atoms with Gasteiger partial charge >= 0.3 is 0 Å². The molecular weight excluding hydrogens is 636 g/mol. The third kappa shape index (κ3) is 4.14. The molecule has 9 heteroatoms. The molecule has 3 aliphatic heterocycles. The topological polar surface area (TPSA) is 94.2 Å². The highest BCUT2D eigenvalue weighted by atomic mass is 79.9. The van der Waals surface area contributed by atoms with Gasteiger partial charge in [-0.2, -0.15) is 0 Å². The molecule has 1 spiro atoms. The van der Waals surface area contributed by atoms with E-state index in [0.717, 1.165) is 15.7 Å².